The van der Waals surface area contributed by atoms with Crippen molar-refractivity contribution in [3.63, 3.8) is 0 Å². The Kier molecular flexibility index (Phi) is 6.22. The molecule has 1 saturated carbocycles. The second-order valence-electron chi connectivity index (χ2n) is 8.38. The first-order valence-electron chi connectivity index (χ1n) is 10.8. The molecule has 0 aromatic heterocycles. The standard InChI is InChI=1S/C26H26F4O/c1-3-4-5-6-15-7-8-17-16(15)9-10-18(17)19-11-12-20(24(28)23(19)27)21-13-14-22(31-2)26(30)25(21)29/h3-4,10-17H,5-9H2,1-2H3. The van der Waals surface area contributed by atoms with Crippen molar-refractivity contribution in [1.29, 1.82) is 0 Å². The van der Waals surface area contributed by atoms with Crippen molar-refractivity contribution < 1.29 is 22.3 Å². The van der Waals surface area contributed by atoms with Crippen LogP contribution in [0.5, 0.6) is 5.75 Å². The maximum Gasteiger partial charge on any atom is 0.201 e. The molecule has 2 aliphatic rings. The van der Waals surface area contributed by atoms with Crippen LogP contribution in [-0.4, -0.2) is 7.11 Å². The van der Waals surface area contributed by atoms with Crippen LogP contribution >= 0.6 is 0 Å². The SMILES string of the molecule is CC=CCCC1CCC2C(c3ccc(-c4ccc(OC)c(F)c4F)c(F)c3F)=CCC12. The number of fused-ring (bicyclic) bond motifs is 1. The van der Waals surface area contributed by atoms with Gasteiger partial charge in [-0.2, -0.15) is 4.39 Å². The zero-order chi connectivity index (χ0) is 22.1. The molecule has 0 heterocycles. The quantitative estimate of drug-likeness (QED) is 0.337. The van der Waals surface area contributed by atoms with E-state index in [-0.39, 0.29) is 28.4 Å². The molecule has 164 valence electrons. The van der Waals surface area contributed by atoms with Gasteiger partial charge in [0.1, 0.15) is 0 Å². The summed E-state index contributed by atoms with van der Waals surface area (Å²) >= 11 is 0. The molecule has 2 aromatic rings. The molecular formula is C26H26F4O. The lowest BCUT2D eigenvalue weighted by Crippen LogP contribution is -2.11. The van der Waals surface area contributed by atoms with Crippen LogP contribution in [0.15, 0.2) is 42.5 Å². The van der Waals surface area contributed by atoms with Gasteiger partial charge >= 0.3 is 0 Å². The normalized spacial score (nSPS) is 22.8. The van der Waals surface area contributed by atoms with Crippen LogP contribution in [0.4, 0.5) is 17.6 Å². The Balaban J connectivity index is 1.62. The summed E-state index contributed by atoms with van der Waals surface area (Å²) in [5, 5.41) is 0. The third-order valence-electron chi connectivity index (χ3n) is 6.87. The summed E-state index contributed by atoms with van der Waals surface area (Å²) in [6, 6.07) is 5.24. The van der Waals surface area contributed by atoms with Gasteiger partial charge in [-0.1, -0.05) is 30.4 Å². The highest BCUT2D eigenvalue weighted by atomic mass is 19.2. The number of halogens is 4. The van der Waals surface area contributed by atoms with Gasteiger partial charge < -0.3 is 4.74 Å². The summed E-state index contributed by atoms with van der Waals surface area (Å²) in [6.45, 7) is 2.01. The van der Waals surface area contributed by atoms with Gasteiger partial charge in [-0.05, 0) is 74.5 Å². The number of allylic oxidation sites excluding steroid dienone is 4. The van der Waals surface area contributed by atoms with E-state index in [0.29, 0.717) is 11.8 Å². The maximum atomic E-state index is 15.1. The third-order valence-corrected chi connectivity index (χ3v) is 6.87. The van der Waals surface area contributed by atoms with Crippen LogP contribution in [0.3, 0.4) is 0 Å². The number of rotatable bonds is 6. The van der Waals surface area contributed by atoms with Gasteiger partial charge in [-0.25, -0.2) is 13.2 Å². The Morgan fingerprint density at radius 3 is 2.26 bits per heavy atom. The molecule has 0 amide bonds. The zero-order valence-electron chi connectivity index (χ0n) is 17.7. The molecule has 2 aromatic carbocycles. The number of benzene rings is 2. The first-order valence-corrected chi connectivity index (χ1v) is 10.8. The van der Waals surface area contributed by atoms with Gasteiger partial charge in [-0.15, -0.1) is 0 Å². The number of hydrogen-bond donors (Lipinski definition) is 0. The van der Waals surface area contributed by atoms with Crippen LogP contribution in [0.1, 0.15) is 44.6 Å². The minimum atomic E-state index is -1.26. The second-order valence-corrected chi connectivity index (χ2v) is 8.38. The molecule has 31 heavy (non-hydrogen) atoms. The van der Waals surface area contributed by atoms with E-state index in [0.717, 1.165) is 37.7 Å². The second kappa shape index (κ2) is 8.89. The number of methoxy groups -OCH3 is 1. The van der Waals surface area contributed by atoms with E-state index >= 15 is 4.39 Å². The van der Waals surface area contributed by atoms with Crippen LogP contribution in [-0.2, 0) is 0 Å². The maximum absolute atomic E-state index is 15.1. The molecule has 0 radical (unpaired) electrons. The van der Waals surface area contributed by atoms with Gasteiger partial charge in [0.25, 0.3) is 0 Å². The minimum Gasteiger partial charge on any atom is -0.494 e. The Morgan fingerprint density at radius 1 is 0.903 bits per heavy atom. The van der Waals surface area contributed by atoms with E-state index in [9.17, 15) is 13.2 Å². The summed E-state index contributed by atoms with van der Waals surface area (Å²) in [5.41, 5.74) is 0.454. The first kappa shape index (κ1) is 21.7. The highest BCUT2D eigenvalue weighted by Gasteiger charge is 2.41. The Bertz CT molecular complexity index is 1040. The molecule has 4 rings (SSSR count). The summed E-state index contributed by atoms with van der Waals surface area (Å²) in [6.07, 6.45) is 11.4. The summed E-state index contributed by atoms with van der Waals surface area (Å²) in [4.78, 5) is 0. The fourth-order valence-corrected chi connectivity index (χ4v) is 5.33. The van der Waals surface area contributed by atoms with Crippen molar-refractivity contribution in [2.45, 2.75) is 39.0 Å². The molecular weight excluding hydrogens is 404 g/mol. The van der Waals surface area contributed by atoms with E-state index in [2.05, 4.69) is 12.2 Å². The van der Waals surface area contributed by atoms with Crippen molar-refractivity contribution in [1.82, 2.24) is 0 Å². The van der Waals surface area contributed by atoms with Crippen LogP contribution < -0.4 is 4.74 Å². The molecule has 1 nitrogen and oxygen atoms in total. The summed E-state index contributed by atoms with van der Waals surface area (Å²) in [7, 11) is 1.21. The van der Waals surface area contributed by atoms with E-state index < -0.39 is 23.3 Å². The Labute approximate surface area is 180 Å². The minimum absolute atomic E-state index is 0.227. The molecule has 1 fully saturated rings. The van der Waals surface area contributed by atoms with Crippen molar-refractivity contribution in [3.8, 4) is 16.9 Å². The van der Waals surface area contributed by atoms with Crippen molar-refractivity contribution in [2.75, 3.05) is 7.11 Å². The van der Waals surface area contributed by atoms with E-state index in [1.807, 2.05) is 13.0 Å². The predicted molar refractivity (Wildman–Crippen MR) is 115 cm³/mol. The lowest BCUT2D eigenvalue weighted by Gasteiger charge is -2.20. The molecule has 0 saturated heterocycles. The highest BCUT2D eigenvalue weighted by molar-refractivity contribution is 5.74. The molecule has 0 bridgehead atoms. The zero-order valence-corrected chi connectivity index (χ0v) is 17.7. The van der Waals surface area contributed by atoms with Gasteiger partial charge in [0.2, 0.25) is 5.82 Å². The third kappa shape index (κ3) is 3.79. The Morgan fingerprint density at radius 2 is 1.55 bits per heavy atom. The lowest BCUT2D eigenvalue weighted by atomic mass is 9.84. The average molecular weight is 430 g/mol. The lowest BCUT2D eigenvalue weighted by molar-refractivity contribution is 0.352. The van der Waals surface area contributed by atoms with Crippen molar-refractivity contribution in [2.24, 2.45) is 17.8 Å². The van der Waals surface area contributed by atoms with Crippen LogP contribution in [0.25, 0.3) is 16.7 Å². The molecule has 5 heteroatoms. The predicted octanol–water partition coefficient (Wildman–Crippen LogP) is 7.70. The van der Waals surface area contributed by atoms with Crippen LogP contribution in [0.2, 0.25) is 0 Å². The Hall–Kier alpha value is -2.56. The highest BCUT2D eigenvalue weighted by Crippen LogP contribution is 2.53. The monoisotopic (exact) mass is 430 g/mol. The van der Waals surface area contributed by atoms with Gasteiger partial charge in [0.05, 0.1) is 7.11 Å². The first-order chi connectivity index (χ1) is 15.0. The van der Waals surface area contributed by atoms with Gasteiger partial charge in [0, 0.05) is 16.7 Å². The average Bonchev–Trinajstić information content (AvgIpc) is 3.36. The molecule has 3 atom stereocenters. The molecule has 0 aliphatic heterocycles. The summed E-state index contributed by atoms with van der Waals surface area (Å²) < 4.78 is 63.4. The number of hydrogen-bond acceptors (Lipinski definition) is 1. The van der Waals surface area contributed by atoms with E-state index in [4.69, 9.17) is 4.74 Å². The fraction of sp³-hybridized carbons (Fsp3) is 0.385. The molecule has 0 spiro atoms. The van der Waals surface area contributed by atoms with Crippen molar-refractivity contribution >= 4 is 5.57 Å². The van der Waals surface area contributed by atoms with Gasteiger partial charge in [0.15, 0.2) is 23.2 Å². The fourth-order valence-electron chi connectivity index (χ4n) is 5.33. The molecule has 2 aliphatic carbocycles. The van der Waals surface area contributed by atoms with Crippen LogP contribution in [0, 0.1) is 41.0 Å². The number of ether oxygens (including phenoxy) is 1. The van der Waals surface area contributed by atoms with E-state index in [1.54, 1.807) is 0 Å². The molecule has 0 N–H and O–H groups in total. The van der Waals surface area contributed by atoms with Crippen molar-refractivity contribution in [3.05, 3.63) is 71.3 Å². The smallest absolute Gasteiger partial charge is 0.201 e. The van der Waals surface area contributed by atoms with Gasteiger partial charge in [-0.3, -0.25) is 0 Å². The molecule has 3 unspecified atom stereocenters. The van der Waals surface area contributed by atoms with E-state index in [1.165, 1.54) is 31.4 Å². The largest absolute Gasteiger partial charge is 0.494 e. The summed E-state index contributed by atoms with van der Waals surface area (Å²) in [5.74, 6) is -3.64. The topological polar surface area (TPSA) is 9.23 Å².